The van der Waals surface area contributed by atoms with Crippen LogP contribution in [0.4, 0.5) is 5.69 Å². The van der Waals surface area contributed by atoms with Gasteiger partial charge in [0.2, 0.25) is 5.91 Å². The Morgan fingerprint density at radius 3 is 2.50 bits per heavy atom. The molecule has 2 aromatic carbocycles. The number of non-ortho nitro benzene ring substituents is 1. The van der Waals surface area contributed by atoms with Crippen LogP contribution in [0.1, 0.15) is 5.56 Å². The SMILES string of the molecule is COc1ccccc1C=CC(=O)NC(=S)NNC(=O)COc1ccc([N+](=O)[O-])cc1. The summed E-state index contributed by atoms with van der Waals surface area (Å²) in [5.41, 5.74) is 5.25. The number of nitro benzene ring substituents is 1. The van der Waals surface area contributed by atoms with E-state index in [0.29, 0.717) is 11.3 Å². The van der Waals surface area contributed by atoms with Crippen molar-refractivity contribution in [3.8, 4) is 11.5 Å². The van der Waals surface area contributed by atoms with Crippen molar-refractivity contribution in [2.24, 2.45) is 0 Å². The van der Waals surface area contributed by atoms with E-state index in [1.54, 1.807) is 24.3 Å². The Morgan fingerprint density at radius 2 is 1.83 bits per heavy atom. The molecule has 0 atom stereocenters. The molecular weight excluding hydrogens is 412 g/mol. The highest BCUT2D eigenvalue weighted by Gasteiger charge is 2.08. The maximum absolute atomic E-state index is 11.9. The predicted octanol–water partition coefficient (Wildman–Crippen LogP) is 1.72. The molecule has 0 spiro atoms. The van der Waals surface area contributed by atoms with Crippen LogP contribution in [0.3, 0.4) is 0 Å². The number of carbonyl (C=O) groups excluding carboxylic acids is 2. The number of hydrazine groups is 1. The molecule has 0 saturated heterocycles. The van der Waals surface area contributed by atoms with Crippen molar-refractivity contribution in [3.05, 3.63) is 70.3 Å². The number of para-hydroxylation sites is 1. The normalized spacial score (nSPS) is 10.2. The Morgan fingerprint density at radius 1 is 1.13 bits per heavy atom. The summed E-state index contributed by atoms with van der Waals surface area (Å²) in [6.45, 7) is -0.366. The summed E-state index contributed by atoms with van der Waals surface area (Å²) in [6, 6.07) is 12.4. The van der Waals surface area contributed by atoms with Gasteiger partial charge in [0, 0.05) is 23.8 Å². The van der Waals surface area contributed by atoms with E-state index >= 15 is 0 Å². The van der Waals surface area contributed by atoms with E-state index < -0.39 is 16.7 Å². The number of thiocarbonyl (C=S) groups is 1. The molecule has 0 bridgehead atoms. The second kappa shape index (κ2) is 11.1. The first-order valence-corrected chi connectivity index (χ1v) is 8.88. The van der Waals surface area contributed by atoms with Crippen molar-refractivity contribution >= 4 is 40.9 Å². The highest BCUT2D eigenvalue weighted by atomic mass is 32.1. The largest absolute Gasteiger partial charge is 0.496 e. The summed E-state index contributed by atoms with van der Waals surface area (Å²) >= 11 is 4.92. The van der Waals surface area contributed by atoms with Gasteiger partial charge in [0.15, 0.2) is 11.7 Å². The van der Waals surface area contributed by atoms with Gasteiger partial charge in [0.25, 0.3) is 11.6 Å². The molecule has 2 rings (SSSR count). The quantitative estimate of drug-likeness (QED) is 0.262. The van der Waals surface area contributed by atoms with Gasteiger partial charge >= 0.3 is 0 Å². The van der Waals surface area contributed by atoms with Crippen molar-refractivity contribution in [1.82, 2.24) is 16.2 Å². The number of methoxy groups -OCH3 is 1. The number of nitro groups is 1. The highest BCUT2D eigenvalue weighted by Crippen LogP contribution is 2.18. The predicted molar refractivity (Wildman–Crippen MR) is 113 cm³/mol. The fourth-order valence-electron chi connectivity index (χ4n) is 2.13. The first kappa shape index (κ1) is 22.3. The smallest absolute Gasteiger partial charge is 0.276 e. The van der Waals surface area contributed by atoms with Crippen LogP contribution in [0.5, 0.6) is 11.5 Å². The minimum atomic E-state index is -0.575. The Labute approximate surface area is 177 Å². The Balaban J connectivity index is 1.72. The van der Waals surface area contributed by atoms with Gasteiger partial charge in [-0.15, -0.1) is 0 Å². The molecule has 3 N–H and O–H groups in total. The van der Waals surface area contributed by atoms with Crippen LogP contribution in [-0.2, 0) is 9.59 Å². The first-order chi connectivity index (χ1) is 14.4. The number of nitrogens with one attached hydrogen (secondary N) is 3. The number of hydrogen-bond acceptors (Lipinski definition) is 7. The number of hydrogen-bond donors (Lipinski definition) is 3. The number of rotatable bonds is 7. The molecule has 0 radical (unpaired) electrons. The van der Waals surface area contributed by atoms with Crippen LogP contribution in [0, 0.1) is 10.1 Å². The second-order valence-corrected chi connectivity index (χ2v) is 6.01. The molecule has 10 nitrogen and oxygen atoms in total. The Hall–Kier alpha value is -3.99. The van der Waals surface area contributed by atoms with Crippen LogP contribution in [0.15, 0.2) is 54.6 Å². The number of carbonyl (C=O) groups is 2. The standard InChI is InChI=1S/C19H18N4O6S/c1-28-16-5-3-2-4-13(16)6-11-17(24)20-19(30)22-21-18(25)12-29-15-9-7-14(8-10-15)23(26)27/h2-11H,12H2,1H3,(H,21,25)(H2,20,22,24,30). The van der Waals surface area contributed by atoms with Gasteiger partial charge in [-0.3, -0.25) is 35.9 Å². The molecule has 2 amide bonds. The second-order valence-electron chi connectivity index (χ2n) is 5.61. The lowest BCUT2D eigenvalue weighted by molar-refractivity contribution is -0.384. The highest BCUT2D eigenvalue weighted by molar-refractivity contribution is 7.80. The summed E-state index contributed by atoms with van der Waals surface area (Å²) in [7, 11) is 1.53. The van der Waals surface area contributed by atoms with E-state index in [4.69, 9.17) is 21.7 Å². The van der Waals surface area contributed by atoms with Gasteiger partial charge in [-0.2, -0.15) is 0 Å². The lowest BCUT2D eigenvalue weighted by Crippen LogP contribution is -2.49. The van der Waals surface area contributed by atoms with E-state index in [1.807, 2.05) is 6.07 Å². The average molecular weight is 430 g/mol. The van der Waals surface area contributed by atoms with Crippen LogP contribution in [-0.4, -0.2) is 35.6 Å². The molecule has 0 saturated carbocycles. The molecule has 156 valence electrons. The van der Waals surface area contributed by atoms with E-state index in [1.165, 1.54) is 37.5 Å². The minimum Gasteiger partial charge on any atom is -0.496 e. The fourth-order valence-corrected chi connectivity index (χ4v) is 2.28. The van der Waals surface area contributed by atoms with Gasteiger partial charge in [-0.05, 0) is 36.5 Å². The molecular formula is C19H18N4O6S. The molecule has 0 aliphatic carbocycles. The van der Waals surface area contributed by atoms with E-state index in [2.05, 4.69) is 16.2 Å². The van der Waals surface area contributed by atoms with Gasteiger partial charge in [0.05, 0.1) is 12.0 Å². The molecule has 2 aromatic rings. The van der Waals surface area contributed by atoms with Gasteiger partial charge in [-0.25, -0.2) is 0 Å². The zero-order valence-electron chi connectivity index (χ0n) is 15.8. The van der Waals surface area contributed by atoms with Crippen molar-refractivity contribution in [1.29, 1.82) is 0 Å². The molecule has 30 heavy (non-hydrogen) atoms. The minimum absolute atomic E-state index is 0.0886. The third kappa shape index (κ3) is 7.20. The van der Waals surface area contributed by atoms with Crippen molar-refractivity contribution in [3.63, 3.8) is 0 Å². The molecule has 0 aliphatic rings. The van der Waals surface area contributed by atoms with Crippen LogP contribution >= 0.6 is 12.2 Å². The van der Waals surface area contributed by atoms with Crippen LogP contribution in [0.2, 0.25) is 0 Å². The summed E-state index contributed by atoms with van der Waals surface area (Å²) < 4.78 is 10.4. The fraction of sp³-hybridized carbons (Fsp3) is 0.105. The maximum Gasteiger partial charge on any atom is 0.276 e. The number of nitrogens with zero attached hydrogens (tertiary/aromatic N) is 1. The van der Waals surface area contributed by atoms with Crippen molar-refractivity contribution < 1.29 is 24.0 Å². The van der Waals surface area contributed by atoms with E-state index in [-0.39, 0.29) is 23.2 Å². The molecule has 0 heterocycles. The molecule has 11 heteroatoms. The monoisotopic (exact) mass is 430 g/mol. The molecule has 0 fully saturated rings. The lowest BCUT2D eigenvalue weighted by atomic mass is 10.2. The van der Waals surface area contributed by atoms with E-state index in [0.717, 1.165) is 0 Å². The van der Waals surface area contributed by atoms with Gasteiger partial charge in [0.1, 0.15) is 11.5 Å². The molecule has 0 aromatic heterocycles. The topological polar surface area (TPSA) is 132 Å². The number of ether oxygens (including phenoxy) is 2. The van der Waals surface area contributed by atoms with Crippen molar-refractivity contribution in [2.75, 3.05) is 13.7 Å². The van der Waals surface area contributed by atoms with Crippen LogP contribution in [0.25, 0.3) is 6.08 Å². The summed E-state index contributed by atoms with van der Waals surface area (Å²) in [5, 5.41) is 12.8. The summed E-state index contributed by atoms with van der Waals surface area (Å²) in [6.07, 6.45) is 2.83. The van der Waals surface area contributed by atoms with E-state index in [9.17, 15) is 19.7 Å². The third-order valence-electron chi connectivity index (χ3n) is 3.52. The average Bonchev–Trinajstić information content (AvgIpc) is 2.75. The zero-order valence-corrected chi connectivity index (χ0v) is 16.6. The number of benzene rings is 2. The molecule has 0 unspecified atom stereocenters. The molecule has 0 aliphatic heterocycles. The first-order valence-electron chi connectivity index (χ1n) is 8.47. The van der Waals surface area contributed by atoms with Crippen molar-refractivity contribution in [2.45, 2.75) is 0 Å². The van der Waals surface area contributed by atoms with Gasteiger partial charge in [-0.1, -0.05) is 18.2 Å². The van der Waals surface area contributed by atoms with Gasteiger partial charge < -0.3 is 9.47 Å². The summed E-state index contributed by atoms with van der Waals surface area (Å²) in [5.74, 6) is -0.181. The maximum atomic E-state index is 11.9. The van der Waals surface area contributed by atoms with Crippen LogP contribution < -0.4 is 25.6 Å². The summed E-state index contributed by atoms with van der Waals surface area (Å²) in [4.78, 5) is 33.7. The number of amides is 2. The lowest BCUT2D eigenvalue weighted by Gasteiger charge is -2.10. The zero-order chi connectivity index (χ0) is 21.9. The Bertz CT molecular complexity index is 962. The Kier molecular flexibility index (Phi) is 8.27. The third-order valence-corrected chi connectivity index (χ3v) is 3.73.